The number of hydrogen-bond acceptors (Lipinski definition) is 6. The van der Waals surface area contributed by atoms with Crippen LogP contribution in [0.5, 0.6) is 11.5 Å². The molecule has 0 unspecified atom stereocenters. The third kappa shape index (κ3) is 5.72. The molecule has 210 valence electrons. The van der Waals surface area contributed by atoms with Gasteiger partial charge in [-0.05, 0) is 61.0 Å². The Morgan fingerprint density at radius 2 is 1.81 bits per heavy atom. The van der Waals surface area contributed by atoms with Crippen molar-refractivity contribution in [3.8, 4) is 23.1 Å². The molecule has 2 aromatic heterocycles. The molecule has 6 rings (SSSR count). The first-order valence-corrected chi connectivity index (χ1v) is 15.0. The van der Waals surface area contributed by atoms with E-state index >= 15 is 0 Å². The zero-order chi connectivity index (χ0) is 29.2. The van der Waals surface area contributed by atoms with E-state index in [1.807, 2.05) is 61.5 Å². The van der Waals surface area contributed by atoms with Gasteiger partial charge in [-0.3, -0.25) is 4.79 Å². The van der Waals surface area contributed by atoms with Gasteiger partial charge in [0, 0.05) is 19.9 Å². The second-order valence-electron chi connectivity index (χ2n) is 9.25. The summed E-state index contributed by atoms with van der Waals surface area (Å²) in [5.41, 5.74) is 2.46. The normalized spacial score (nSPS) is 11.5. The Labute approximate surface area is 262 Å². The van der Waals surface area contributed by atoms with Crippen LogP contribution < -0.4 is 15.0 Å². The Bertz CT molecular complexity index is 2000. The lowest BCUT2D eigenvalue weighted by Gasteiger charge is -2.15. The van der Waals surface area contributed by atoms with Crippen molar-refractivity contribution in [1.82, 2.24) is 9.66 Å². The van der Waals surface area contributed by atoms with Gasteiger partial charge >= 0.3 is 0 Å². The number of fused-ring (bicyclic) bond motifs is 2. The fourth-order valence-corrected chi connectivity index (χ4v) is 5.90. The van der Waals surface area contributed by atoms with Crippen molar-refractivity contribution in [2.45, 2.75) is 13.5 Å². The van der Waals surface area contributed by atoms with Crippen LogP contribution in [0.1, 0.15) is 18.1 Å². The number of rotatable bonds is 8. The molecule has 7 nitrogen and oxygen atoms in total. The third-order valence-electron chi connectivity index (χ3n) is 6.44. The summed E-state index contributed by atoms with van der Waals surface area (Å²) in [6.45, 7) is 2.56. The molecule has 2 heterocycles. The largest absolute Gasteiger partial charge is 0.490 e. The molecule has 0 fully saturated rings. The van der Waals surface area contributed by atoms with E-state index in [-0.39, 0.29) is 18.0 Å². The first-order chi connectivity index (χ1) is 20.4. The summed E-state index contributed by atoms with van der Waals surface area (Å²) in [4.78, 5) is 18.3. The minimum atomic E-state index is -0.330. The molecular weight excluding hydrogens is 686 g/mol. The Morgan fingerprint density at radius 3 is 2.62 bits per heavy atom. The SMILES string of the molecule is CCOc1cc(C=Nn2c(-c3cc4ccccc4o3)nc3ccccc3c2=O)cc(Cl)c1OCc1ccc(Br)cc1Br. The van der Waals surface area contributed by atoms with Crippen LogP contribution in [0, 0.1) is 0 Å². The molecule has 0 amide bonds. The van der Waals surface area contributed by atoms with Gasteiger partial charge in [-0.2, -0.15) is 9.78 Å². The molecule has 0 aliphatic rings. The summed E-state index contributed by atoms with van der Waals surface area (Å²) in [7, 11) is 0. The molecule has 0 saturated carbocycles. The van der Waals surface area contributed by atoms with Gasteiger partial charge in [0.1, 0.15) is 12.2 Å². The van der Waals surface area contributed by atoms with Crippen LogP contribution in [-0.4, -0.2) is 22.5 Å². The Morgan fingerprint density at radius 1 is 1.00 bits per heavy atom. The number of ether oxygens (including phenoxy) is 2. The highest BCUT2D eigenvalue weighted by Gasteiger charge is 2.17. The van der Waals surface area contributed by atoms with Crippen molar-refractivity contribution >= 4 is 71.5 Å². The first-order valence-electron chi connectivity index (χ1n) is 13.0. The summed E-state index contributed by atoms with van der Waals surface area (Å²) in [6.07, 6.45) is 1.54. The average Bonchev–Trinajstić information content (AvgIpc) is 3.41. The molecular formula is C32H22Br2ClN3O4. The molecule has 4 aromatic carbocycles. The van der Waals surface area contributed by atoms with Crippen molar-refractivity contribution in [2.75, 3.05) is 6.61 Å². The van der Waals surface area contributed by atoms with Gasteiger partial charge in [0.25, 0.3) is 5.56 Å². The molecule has 0 aliphatic heterocycles. The lowest BCUT2D eigenvalue weighted by atomic mass is 10.2. The molecule has 0 saturated heterocycles. The van der Waals surface area contributed by atoms with Crippen molar-refractivity contribution in [2.24, 2.45) is 5.10 Å². The number of benzene rings is 4. The summed E-state index contributed by atoms with van der Waals surface area (Å²) in [6, 6.07) is 25.9. The van der Waals surface area contributed by atoms with Gasteiger partial charge in [-0.1, -0.05) is 79.9 Å². The Kier molecular flexibility index (Phi) is 8.15. The van der Waals surface area contributed by atoms with Gasteiger partial charge in [0.05, 0.1) is 28.7 Å². The van der Waals surface area contributed by atoms with Crippen LogP contribution in [0.3, 0.4) is 0 Å². The van der Waals surface area contributed by atoms with Crippen LogP contribution in [0.4, 0.5) is 0 Å². The number of para-hydroxylation sites is 2. The number of hydrogen-bond donors (Lipinski definition) is 0. The Hall–Kier alpha value is -3.92. The molecule has 0 atom stereocenters. The highest BCUT2D eigenvalue weighted by atomic mass is 79.9. The maximum atomic E-state index is 13.6. The fourth-order valence-electron chi connectivity index (χ4n) is 4.46. The van der Waals surface area contributed by atoms with Gasteiger partial charge < -0.3 is 13.9 Å². The minimum absolute atomic E-state index is 0.278. The van der Waals surface area contributed by atoms with E-state index in [0.29, 0.717) is 50.9 Å². The smallest absolute Gasteiger partial charge is 0.282 e. The van der Waals surface area contributed by atoms with E-state index in [4.69, 9.17) is 30.5 Å². The van der Waals surface area contributed by atoms with E-state index in [1.165, 1.54) is 10.9 Å². The maximum absolute atomic E-state index is 13.6. The monoisotopic (exact) mass is 705 g/mol. The molecule has 0 spiro atoms. The summed E-state index contributed by atoms with van der Waals surface area (Å²) in [5, 5.41) is 6.22. The number of nitrogens with zero attached hydrogens (tertiary/aromatic N) is 3. The molecule has 10 heteroatoms. The van der Waals surface area contributed by atoms with Gasteiger partial charge in [0.2, 0.25) is 5.82 Å². The van der Waals surface area contributed by atoms with E-state index in [1.54, 1.807) is 30.3 Å². The van der Waals surface area contributed by atoms with Crippen LogP contribution in [0.2, 0.25) is 5.02 Å². The zero-order valence-corrected chi connectivity index (χ0v) is 26.1. The minimum Gasteiger partial charge on any atom is -0.490 e. The molecule has 6 aromatic rings. The van der Waals surface area contributed by atoms with E-state index in [2.05, 4.69) is 37.0 Å². The summed E-state index contributed by atoms with van der Waals surface area (Å²) in [5.74, 6) is 1.58. The van der Waals surface area contributed by atoms with Crippen LogP contribution in [0.15, 0.2) is 108 Å². The fraction of sp³-hybridized carbons (Fsp3) is 0.0938. The number of furan rings is 1. The quantitative estimate of drug-likeness (QED) is 0.148. The van der Waals surface area contributed by atoms with E-state index < -0.39 is 0 Å². The summed E-state index contributed by atoms with van der Waals surface area (Å²) < 4.78 is 21.1. The van der Waals surface area contributed by atoms with Crippen molar-refractivity contribution in [3.63, 3.8) is 0 Å². The van der Waals surface area contributed by atoms with Crippen LogP contribution in [0.25, 0.3) is 33.5 Å². The number of aromatic nitrogens is 2. The van der Waals surface area contributed by atoms with Crippen molar-refractivity contribution in [3.05, 3.63) is 120 Å². The van der Waals surface area contributed by atoms with Crippen LogP contribution in [-0.2, 0) is 6.61 Å². The van der Waals surface area contributed by atoms with Gasteiger partial charge in [-0.15, -0.1) is 0 Å². The first kappa shape index (κ1) is 28.2. The standard InChI is InChI=1S/C32H22Br2ClN3O4/c1-2-40-28-14-19(13-25(35)30(28)41-18-21-11-12-22(33)16-24(21)34)17-36-38-31(29-15-20-7-3-6-10-27(20)42-29)37-26-9-5-4-8-23(26)32(38)39/h3-17H,2,18H2,1H3. The van der Waals surface area contributed by atoms with Crippen LogP contribution >= 0.6 is 43.5 Å². The highest BCUT2D eigenvalue weighted by molar-refractivity contribution is 9.11. The average molecular weight is 708 g/mol. The van der Waals surface area contributed by atoms with Gasteiger partial charge in [0.15, 0.2) is 17.3 Å². The van der Waals surface area contributed by atoms with Crippen molar-refractivity contribution < 1.29 is 13.9 Å². The summed E-state index contributed by atoms with van der Waals surface area (Å²) >= 11 is 13.7. The maximum Gasteiger partial charge on any atom is 0.282 e. The third-order valence-corrected chi connectivity index (χ3v) is 7.95. The lowest BCUT2D eigenvalue weighted by molar-refractivity contribution is 0.269. The van der Waals surface area contributed by atoms with Crippen molar-refractivity contribution in [1.29, 1.82) is 0 Å². The molecule has 0 aliphatic carbocycles. The topological polar surface area (TPSA) is 78.9 Å². The molecule has 0 bridgehead atoms. The second-order valence-corrected chi connectivity index (χ2v) is 11.4. The van der Waals surface area contributed by atoms with Gasteiger partial charge in [-0.25, -0.2) is 4.98 Å². The highest BCUT2D eigenvalue weighted by Crippen LogP contribution is 2.37. The molecule has 42 heavy (non-hydrogen) atoms. The number of halogens is 3. The molecule has 0 radical (unpaired) electrons. The van der Waals surface area contributed by atoms with E-state index in [0.717, 1.165) is 19.9 Å². The zero-order valence-electron chi connectivity index (χ0n) is 22.2. The Balaban J connectivity index is 1.39. The predicted octanol–water partition coefficient (Wildman–Crippen LogP) is 8.85. The predicted molar refractivity (Wildman–Crippen MR) is 173 cm³/mol. The lowest BCUT2D eigenvalue weighted by Crippen LogP contribution is -2.20. The molecule has 0 N–H and O–H groups in total. The second kappa shape index (κ2) is 12.1. The van der Waals surface area contributed by atoms with E-state index in [9.17, 15) is 4.79 Å².